The van der Waals surface area contributed by atoms with Gasteiger partial charge in [-0.05, 0) is 34.6 Å². The number of nitrogens with one attached hydrogen (secondary N) is 1. The second kappa shape index (κ2) is 10.00. The Labute approximate surface area is 207 Å². The average molecular weight is 512 g/mol. The second-order valence-corrected chi connectivity index (χ2v) is 10.6. The van der Waals surface area contributed by atoms with Gasteiger partial charge in [-0.3, -0.25) is 4.79 Å². The SMILES string of the molecule is C=C1C=C(F)C(Oc2ncc(Cl)cc2OCC(C)(C)F)=CN1/C(C)=C(\C)C(=O)NC1(C)CSC1. The van der Waals surface area contributed by atoms with Gasteiger partial charge in [-0.2, -0.15) is 11.8 Å². The third-order valence-electron chi connectivity index (χ3n) is 5.15. The molecular weight excluding hydrogens is 484 g/mol. The number of thioether (sulfide) groups is 1. The van der Waals surface area contributed by atoms with E-state index in [4.69, 9.17) is 21.1 Å². The third-order valence-corrected chi connectivity index (χ3v) is 7.04. The number of pyridine rings is 1. The third kappa shape index (κ3) is 6.33. The highest BCUT2D eigenvalue weighted by molar-refractivity contribution is 8.00. The normalized spacial score (nSPS) is 18.4. The van der Waals surface area contributed by atoms with Gasteiger partial charge in [0.05, 0.1) is 16.8 Å². The molecule has 0 spiro atoms. The van der Waals surface area contributed by atoms with E-state index in [1.165, 1.54) is 38.4 Å². The van der Waals surface area contributed by atoms with Gasteiger partial charge < -0.3 is 19.7 Å². The minimum Gasteiger partial charge on any atom is -0.485 e. The van der Waals surface area contributed by atoms with Crippen molar-refractivity contribution in [2.24, 2.45) is 0 Å². The van der Waals surface area contributed by atoms with Crippen molar-refractivity contribution in [3.63, 3.8) is 0 Å². The summed E-state index contributed by atoms with van der Waals surface area (Å²) in [5.74, 6) is 0.615. The lowest BCUT2D eigenvalue weighted by Gasteiger charge is -2.38. The van der Waals surface area contributed by atoms with Crippen LogP contribution < -0.4 is 14.8 Å². The van der Waals surface area contributed by atoms with Crippen molar-refractivity contribution in [1.29, 1.82) is 0 Å². The molecule has 0 atom stereocenters. The number of ether oxygens (including phenoxy) is 2. The van der Waals surface area contributed by atoms with E-state index in [-0.39, 0.29) is 40.5 Å². The standard InChI is InChI=1S/C24H28ClF2N3O3S/c1-14-7-18(26)20(33-22-19(8-17(25)9-28-22)32-11-23(4,5)27)10-30(14)16(3)15(2)21(31)29-24(6)12-34-13-24/h7-10H,1,11-13H2,2-6H3,(H,29,31)/b16-15+. The Morgan fingerprint density at radius 2 is 2.09 bits per heavy atom. The quantitative estimate of drug-likeness (QED) is 0.453. The number of hydrogen-bond acceptors (Lipinski definition) is 6. The molecule has 0 aromatic carbocycles. The van der Waals surface area contributed by atoms with E-state index in [1.54, 1.807) is 30.5 Å². The summed E-state index contributed by atoms with van der Waals surface area (Å²) in [5, 5.41) is 3.29. The van der Waals surface area contributed by atoms with Gasteiger partial charge >= 0.3 is 0 Å². The van der Waals surface area contributed by atoms with Gasteiger partial charge in [0.1, 0.15) is 12.3 Å². The predicted molar refractivity (Wildman–Crippen MR) is 131 cm³/mol. The van der Waals surface area contributed by atoms with Crippen LogP contribution in [0.4, 0.5) is 8.78 Å². The van der Waals surface area contributed by atoms with Gasteiger partial charge in [0.2, 0.25) is 5.91 Å². The lowest BCUT2D eigenvalue weighted by Crippen LogP contribution is -2.56. The number of carbonyl (C=O) groups excluding carboxylic acids is 1. The van der Waals surface area contributed by atoms with Crippen molar-refractivity contribution >= 4 is 29.3 Å². The number of aromatic nitrogens is 1. The Hall–Kier alpha value is -2.52. The Balaban J connectivity index is 1.86. The van der Waals surface area contributed by atoms with E-state index in [0.29, 0.717) is 17.0 Å². The molecule has 1 saturated heterocycles. The molecule has 0 aliphatic carbocycles. The molecule has 184 valence electrons. The maximum absolute atomic E-state index is 14.8. The molecule has 10 heteroatoms. The molecule has 1 fully saturated rings. The predicted octanol–water partition coefficient (Wildman–Crippen LogP) is 5.68. The Bertz CT molecular complexity index is 1090. The topological polar surface area (TPSA) is 63.7 Å². The summed E-state index contributed by atoms with van der Waals surface area (Å²) >= 11 is 7.76. The first kappa shape index (κ1) is 26.1. The molecule has 0 saturated carbocycles. The maximum atomic E-state index is 14.8. The number of allylic oxidation sites excluding steroid dienone is 3. The van der Waals surface area contributed by atoms with Gasteiger partial charge in [0.25, 0.3) is 5.88 Å². The smallest absolute Gasteiger partial charge is 0.262 e. The maximum Gasteiger partial charge on any atom is 0.262 e. The van der Waals surface area contributed by atoms with Gasteiger partial charge in [0.15, 0.2) is 17.3 Å². The Morgan fingerprint density at radius 3 is 2.68 bits per heavy atom. The van der Waals surface area contributed by atoms with Gasteiger partial charge in [-0.1, -0.05) is 18.2 Å². The van der Waals surface area contributed by atoms with Crippen molar-refractivity contribution in [2.75, 3.05) is 18.1 Å². The molecule has 1 amide bonds. The molecule has 1 aromatic rings. The highest BCUT2D eigenvalue weighted by Crippen LogP contribution is 2.35. The van der Waals surface area contributed by atoms with Gasteiger partial charge in [0, 0.05) is 46.8 Å². The first-order chi connectivity index (χ1) is 15.8. The van der Waals surface area contributed by atoms with E-state index in [9.17, 15) is 13.6 Å². The molecule has 34 heavy (non-hydrogen) atoms. The fourth-order valence-electron chi connectivity index (χ4n) is 3.07. The molecule has 0 radical (unpaired) electrons. The molecule has 3 heterocycles. The molecule has 0 unspecified atom stereocenters. The van der Waals surface area contributed by atoms with Crippen LogP contribution in [-0.4, -0.2) is 45.1 Å². The zero-order valence-electron chi connectivity index (χ0n) is 19.8. The zero-order chi connectivity index (χ0) is 25.3. The number of halogens is 3. The van der Waals surface area contributed by atoms with Crippen LogP contribution in [-0.2, 0) is 4.79 Å². The van der Waals surface area contributed by atoms with Crippen LogP contribution in [0.15, 0.2) is 59.7 Å². The van der Waals surface area contributed by atoms with E-state index in [0.717, 1.165) is 11.5 Å². The molecule has 3 rings (SSSR count). The zero-order valence-corrected chi connectivity index (χ0v) is 21.4. The summed E-state index contributed by atoms with van der Waals surface area (Å²) in [6.07, 6.45) is 3.88. The largest absolute Gasteiger partial charge is 0.485 e. The molecule has 6 nitrogen and oxygen atoms in total. The summed E-state index contributed by atoms with van der Waals surface area (Å²) in [5.41, 5.74) is -0.506. The summed E-state index contributed by atoms with van der Waals surface area (Å²) in [6.45, 7) is 11.8. The van der Waals surface area contributed by atoms with Crippen LogP contribution in [0.2, 0.25) is 5.02 Å². The molecular formula is C24H28ClF2N3O3S. The fraction of sp³-hybridized carbons (Fsp3) is 0.417. The summed E-state index contributed by atoms with van der Waals surface area (Å²) < 4.78 is 39.9. The van der Waals surface area contributed by atoms with Gasteiger partial charge in [-0.15, -0.1) is 0 Å². The molecule has 1 aromatic heterocycles. The molecule has 1 N–H and O–H groups in total. The number of hydrogen-bond donors (Lipinski definition) is 1. The first-order valence-corrected chi connectivity index (χ1v) is 12.1. The highest BCUT2D eigenvalue weighted by Gasteiger charge is 2.35. The van der Waals surface area contributed by atoms with Crippen LogP contribution in [0.1, 0.15) is 34.6 Å². The van der Waals surface area contributed by atoms with Crippen LogP contribution in [0.25, 0.3) is 0 Å². The number of amides is 1. The van der Waals surface area contributed by atoms with Crippen LogP contribution >= 0.6 is 23.4 Å². The van der Waals surface area contributed by atoms with Crippen molar-refractivity contribution in [2.45, 2.75) is 45.8 Å². The van der Waals surface area contributed by atoms with Crippen molar-refractivity contribution < 1.29 is 23.0 Å². The number of nitrogens with zero attached hydrogens (tertiary/aromatic N) is 2. The van der Waals surface area contributed by atoms with Crippen LogP contribution in [0, 0.1) is 0 Å². The van der Waals surface area contributed by atoms with E-state index in [2.05, 4.69) is 16.9 Å². The number of carbonyl (C=O) groups is 1. The van der Waals surface area contributed by atoms with E-state index in [1.807, 2.05) is 6.92 Å². The number of rotatable bonds is 8. The molecule has 2 aliphatic rings. The van der Waals surface area contributed by atoms with Crippen LogP contribution in [0.5, 0.6) is 11.6 Å². The molecule has 0 bridgehead atoms. The lowest BCUT2D eigenvalue weighted by molar-refractivity contribution is -0.118. The minimum atomic E-state index is -1.61. The minimum absolute atomic E-state index is 0.0670. The first-order valence-electron chi connectivity index (χ1n) is 10.6. The van der Waals surface area contributed by atoms with Crippen molar-refractivity contribution in [1.82, 2.24) is 15.2 Å². The van der Waals surface area contributed by atoms with Crippen molar-refractivity contribution in [3.8, 4) is 11.6 Å². The summed E-state index contributed by atoms with van der Waals surface area (Å²) in [4.78, 5) is 18.4. The Kier molecular flexibility index (Phi) is 7.67. The fourth-order valence-corrected chi connectivity index (χ4v) is 4.18. The summed E-state index contributed by atoms with van der Waals surface area (Å²) in [6, 6.07) is 1.41. The average Bonchev–Trinajstić information content (AvgIpc) is 2.72. The highest BCUT2D eigenvalue weighted by atomic mass is 35.5. The van der Waals surface area contributed by atoms with Crippen LogP contribution in [0.3, 0.4) is 0 Å². The monoisotopic (exact) mass is 511 g/mol. The second-order valence-electron chi connectivity index (χ2n) is 9.13. The Morgan fingerprint density at radius 1 is 1.41 bits per heavy atom. The molecule has 2 aliphatic heterocycles. The van der Waals surface area contributed by atoms with E-state index < -0.39 is 11.5 Å². The van der Waals surface area contributed by atoms with E-state index >= 15 is 0 Å². The summed E-state index contributed by atoms with van der Waals surface area (Å²) in [7, 11) is 0. The number of alkyl halides is 1. The van der Waals surface area contributed by atoms with Crippen molar-refractivity contribution in [3.05, 3.63) is 64.7 Å². The lowest BCUT2D eigenvalue weighted by atomic mass is 10.1. The van der Waals surface area contributed by atoms with Gasteiger partial charge in [-0.25, -0.2) is 13.8 Å².